The topological polar surface area (TPSA) is 89.1 Å². The highest BCUT2D eigenvalue weighted by molar-refractivity contribution is 7.18. The number of halogens is 1. The second-order valence-electron chi connectivity index (χ2n) is 5.64. The van der Waals surface area contributed by atoms with Crippen molar-refractivity contribution in [2.75, 3.05) is 0 Å². The first-order valence-electron chi connectivity index (χ1n) is 7.75. The summed E-state index contributed by atoms with van der Waals surface area (Å²) in [5, 5.41) is 17.1. The Morgan fingerprint density at radius 1 is 1.12 bits per heavy atom. The number of aliphatic carboxylic acids is 1. The monoisotopic (exact) mass is 369 g/mol. The minimum absolute atomic E-state index is 0.0713. The fraction of sp³-hybridized carbons (Fsp3) is 0.111. The van der Waals surface area contributed by atoms with Crippen molar-refractivity contribution in [3.63, 3.8) is 0 Å². The number of benzene rings is 2. The molecule has 4 rings (SSSR count). The van der Waals surface area contributed by atoms with E-state index in [1.165, 1.54) is 23.5 Å². The third-order valence-corrected chi connectivity index (χ3v) is 4.72. The molecule has 0 bridgehead atoms. The van der Waals surface area contributed by atoms with Gasteiger partial charge in [-0.05, 0) is 35.4 Å². The van der Waals surface area contributed by atoms with Crippen molar-refractivity contribution in [2.45, 2.75) is 12.8 Å². The lowest BCUT2D eigenvalue weighted by Gasteiger charge is -2.01. The van der Waals surface area contributed by atoms with E-state index in [0.717, 1.165) is 26.4 Å². The number of rotatable bonds is 5. The minimum Gasteiger partial charge on any atom is -0.481 e. The molecule has 2 heterocycles. The van der Waals surface area contributed by atoms with Crippen LogP contribution < -0.4 is 0 Å². The van der Waals surface area contributed by atoms with Gasteiger partial charge in [0, 0.05) is 0 Å². The highest BCUT2D eigenvalue weighted by Crippen LogP contribution is 2.29. The molecule has 0 saturated carbocycles. The fourth-order valence-electron chi connectivity index (χ4n) is 2.59. The molecule has 0 aliphatic carbocycles. The van der Waals surface area contributed by atoms with Crippen LogP contribution >= 0.6 is 11.3 Å². The van der Waals surface area contributed by atoms with Gasteiger partial charge >= 0.3 is 5.97 Å². The number of nitrogens with zero attached hydrogens (tertiary/aromatic N) is 3. The summed E-state index contributed by atoms with van der Waals surface area (Å²) in [4.78, 5) is 15.2. The van der Waals surface area contributed by atoms with Crippen LogP contribution in [-0.4, -0.2) is 26.3 Å². The number of thiazole rings is 1. The van der Waals surface area contributed by atoms with Gasteiger partial charge in [0.2, 0.25) is 11.8 Å². The average Bonchev–Trinajstić information content (AvgIpc) is 3.20. The molecule has 130 valence electrons. The molecule has 0 radical (unpaired) electrons. The van der Waals surface area contributed by atoms with Crippen LogP contribution in [0.15, 0.2) is 46.9 Å². The first kappa shape index (κ1) is 16.3. The molecule has 4 aromatic rings. The third-order valence-electron chi connectivity index (χ3n) is 3.70. The Morgan fingerprint density at radius 2 is 1.92 bits per heavy atom. The van der Waals surface area contributed by atoms with Crippen LogP contribution in [0.4, 0.5) is 4.39 Å². The Labute approximate surface area is 151 Å². The van der Waals surface area contributed by atoms with Gasteiger partial charge < -0.3 is 9.52 Å². The maximum absolute atomic E-state index is 13.4. The van der Waals surface area contributed by atoms with Crippen LogP contribution in [0.5, 0.6) is 0 Å². The number of hydrogen-bond donors (Lipinski definition) is 1. The SMILES string of the molecule is O=C(O)Cc1nnc(Cc2nc3ccc(-c4cccc(F)c4)cc3s2)o1. The number of carbonyl (C=O) groups is 1. The first-order chi connectivity index (χ1) is 12.6. The van der Waals surface area contributed by atoms with Crippen LogP contribution in [0.1, 0.15) is 16.8 Å². The largest absolute Gasteiger partial charge is 0.481 e. The number of carboxylic acid groups (broad SMARTS) is 1. The second-order valence-corrected chi connectivity index (χ2v) is 6.75. The summed E-state index contributed by atoms with van der Waals surface area (Å²) in [6.45, 7) is 0. The average molecular weight is 369 g/mol. The van der Waals surface area contributed by atoms with Crippen molar-refractivity contribution in [1.82, 2.24) is 15.2 Å². The van der Waals surface area contributed by atoms with E-state index in [1.54, 1.807) is 6.07 Å². The van der Waals surface area contributed by atoms with Crippen molar-refractivity contribution in [1.29, 1.82) is 0 Å². The minimum atomic E-state index is -1.02. The van der Waals surface area contributed by atoms with Crippen molar-refractivity contribution in [3.8, 4) is 11.1 Å². The Morgan fingerprint density at radius 3 is 2.73 bits per heavy atom. The molecule has 0 amide bonds. The zero-order chi connectivity index (χ0) is 18.1. The summed E-state index contributed by atoms with van der Waals surface area (Å²) in [5.74, 6) is -0.904. The zero-order valence-corrected chi connectivity index (χ0v) is 14.2. The van der Waals surface area contributed by atoms with Gasteiger partial charge in [0.05, 0.1) is 16.6 Å². The lowest BCUT2D eigenvalue weighted by atomic mass is 10.1. The number of fused-ring (bicyclic) bond motifs is 1. The van der Waals surface area contributed by atoms with Crippen molar-refractivity contribution in [2.24, 2.45) is 0 Å². The molecular formula is C18H12FN3O3S. The van der Waals surface area contributed by atoms with E-state index < -0.39 is 5.97 Å². The van der Waals surface area contributed by atoms with Gasteiger partial charge in [0.15, 0.2) is 0 Å². The number of carboxylic acids is 1. The quantitative estimate of drug-likeness (QED) is 0.577. The molecule has 8 heteroatoms. The van der Waals surface area contributed by atoms with Gasteiger partial charge in [-0.15, -0.1) is 21.5 Å². The Balaban J connectivity index is 1.59. The van der Waals surface area contributed by atoms with Gasteiger partial charge in [-0.25, -0.2) is 9.37 Å². The fourth-order valence-corrected chi connectivity index (χ4v) is 3.58. The predicted molar refractivity (Wildman–Crippen MR) is 93.5 cm³/mol. The highest BCUT2D eigenvalue weighted by atomic mass is 32.1. The van der Waals surface area contributed by atoms with Gasteiger partial charge in [-0.3, -0.25) is 4.79 Å². The first-order valence-corrected chi connectivity index (χ1v) is 8.57. The summed E-state index contributed by atoms with van der Waals surface area (Å²) in [7, 11) is 0. The molecule has 0 spiro atoms. The van der Waals surface area contributed by atoms with E-state index >= 15 is 0 Å². The van der Waals surface area contributed by atoms with Crippen LogP contribution in [0, 0.1) is 5.82 Å². The maximum atomic E-state index is 13.4. The van der Waals surface area contributed by atoms with Gasteiger partial charge in [0.25, 0.3) is 0 Å². The molecule has 0 aliphatic rings. The van der Waals surface area contributed by atoms with E-state index in [9.17, 15) is 9.18 Å². The van der Waals surface area contributed by atoms with Crippen LogP contribution in [0.3, 0.4) is 0 Å². The van der Waals surface area contributed by atoms with Gasteiger partial charge in [-0.2, -0.15) is 0 Å². The number of aromatic nitrogens is 3. The van der Waals surface area contributed by atoms with E-state index in [1.807, 2.05) is 24.3 Å². The standard InChI is InChI=1S/C18H12FN3O3S/c19-12-3-1-2-10(6-12)11-4-5-13-14(7-11)26-17(20-13)8-15-21-22-16(25-15)9-18(23)24/h1-7H,8-9H2,(H,23,24). The van der Waals surface area contributed by atoms with Gasteiger partial charge in [-0.1, -0.05) is 18.2 Å². The third kappa shape index (κ3) is 3.45. The summed E-state index contributed by atoms with van der Waals surface area (Å²) >= 11 is 1.48. The second kappa shape index (κ2) is 6.64. The maximum Gasteiger partial charge on any atom is 0.312 e. The van der Waals surface area contributed by atoms with Crippen LogP contribution in [0.2, 0.25) is 0 Å². The van der Waals surface area contributed by atoms with Crippen LogP contribution in [-0.2, 0) is 17.6 Å². The van der Waals surface area contributed by atoms with E-state index in [0.29, 0.717) is 12.3 Å². The number of hydrogen-bond acceptors (Lipinski definition) is 6. The molecule has 2 aromatic carbocycles. The molecule has 2 aromatic heterocycles. The van der Waals surface area contributed by atoms with Gasteiger partial charge in [0.1, 0.15) is 17.2 Å². The smallest absolute Gasteiger partial charge is 0.312 e. The van der Waals surface area contributed by atoms with Crippen LogP contribution in [0.25, 0.3) is 21.3 Å². The molecular weight excluding hydrogens is 357 g/mol. The Kier molecular flexibility index (Phi) is 4.18. The van der Waals surface area contributed by atoms with E-state index in [4.69, 9.17) is 9.52 Å². The molecule has 0 unspecified atom stereocenters. The molecule has 6 nitrogen and oxygen atoms in total. The van der Waals surface area contributed by atoms with Crippen molar-refractivity contribution < 1.29 is 18.7 Å². The Bertz CT molecular complexity index is 1110. The van der Waals surface area contributed by atoms with E-state index in [2.05, 4.69) is 15.2 Å². The lowest BCUT2D eigenvalue weighted by Crippen LogP contribution is -1.99. The summed E-state index contributed by atoms with van der Waals surface area (Å²) in [5.41, 5.74) is 2.54. The molecule has 1 N–H and O–H groups in total. The highest BCUT2D eigenvalue weighted by Gasteiger charge is 2.13. The van der Waals surface area contributed by atoms with E-state index in [-0.39, 0.29) is 18.1 Å². The molecule has 0 fully saturated rings. The summed E-state index contributed by atoms with van der Waals surface area (Å²) in [6, 6.07) is 12.2. The Hall–Kier alpha value is -3.13. The predicted octanol–water partition coefficient (Wildman–Crippen LogP) is 3.70. The summed E-state index contributed by atoms with van der Waals surface area (Å²) < 4.78 is 19.7. The summed E-state index contributed by atoms with van der Waals surface area (Å²) in [6.07, 6.45) is 0.0328. The molecule has 0 atom stereocenters. The van der Waals surface area contributed by atoms with Crippen molar-refractivity contribution in [3.05, 3.63) is 65.1 Å². The normalized spacial score (nSPS) is 11.1. The zero-order valence-electron chi connectivity index (χ0n) is 13.3. The van der Waals surface area contributed by atoms with Crippen molar-refractivity contribution >= 4 is 27.5 Å². The molecule has 0 aliphatic heterocycles. The lowest BCUT2D eigenvalue weighted by molar-refractivity contribution is -0.136. The molecule has 26 heavy (non-hydrogen) atoms. The molecule has 0 saturated heterocycles.